The minimum atomic E-state index is -0.274. The predicted molar refractivity (Wildman–Crippen MR) is 147 cm³/mol. The number of nitrogens with zero attached hydrogens (tertiary/aromatic N) is 3. The molecular weight excluding hydrogens is 460 g/mol. The van der Waals surface area contributed by atoms with Crippen LogP contribution in [0, 0.1) is 0 Å². The summed E-state index contributed by atoms with van der Waals surface area (Å²) in [6.45, 7) is 0.417. The number of carbonyl (C=O) groups is 1. The second kappa shape index (κ2) is 13.4. The lowest BCUT2D eigenvalue weighted by Gasteiger charge is -2.35. The Morgan fingerprint density at radius 2 is 1.89 bits per heavy atom. The maximum atomic E-state index is 12.8. The number of aliphatic hydroxyl groups is 1. The number of para-hydroxylation sites is 1. The third kappa shape index (κ3) is 7.15. The fraction of sp³-hybridized carbons (Fsp3) is 0.481. The van der Waals surface area contributed by atoms with Crippen LogP contribution in [0.5, 0.6) is 11.5 Å². The van der Waals surface area contributed by atoms with Crippen LogP contribution in [0.2, 0.25) is 0 Å². The summed E-state index contributed by atoms with van der Waals surface area (Å²) in [4.78, 5) is 21.1. The molecule has 0 aromatic heterocycles. The van der Waals surface area contributed by atoms with Crippen LogP contribution >= 0.6 is 13.5 Å². The lowest BCUT2D eigenvalue weighted by atomic mass is 9.94. The summed E-state index contributed by atoms with van der Waals surface area (Å²) in [6, 6.07) is 15.4. The molecule has 1 aliphatic heterocycles. The van der Waals surface area contributed by atoms with E-state index in [0.29, 0.717) is 31.4 Å². The number of carbonyl (C=O) groups excluding carboxylic acids is 1. The molecule has 35 heavy (non-hydrogen) atoms. The van der Waals surface area contributed by atoms with Gasteiger partial charge in [-0.3, -0.25) is 4.79 Å². The normalized spacial score (nSPS) is 16.2. The van der Waals surface area contributed by atoms with Crippen LogP contribution in [0.1, 0.15) is 57.9 Å². The first-order valence-electron chi connectivity index (χ1n) is 11.9. The third-order valence-electron chi connectivity index (χ3n) is 6.76. The molecule has 0 saturated heterocycles. The molecule has 3 N–H and O–H groups in total. The first kappa shape index (κ1) is 28.5. The number of rotatable bonds is 8. The van der Waals surface area contributed by atoms with Crippen molar-refractivity contribution in [2.24, 2.45) is 10.7 Å². The van der Waals surface area contributed by atoms with Crippen molar-refractivity contribution in [1.29, 1.82) is 0 Å². The number of hydrogen-bond donors (Lipinski definition) is 2. The fourth-order valence-corrected chi connectivity index (χ4v) is 4.74. The van der Waals surface area contributed by atoms with Gasteiger partial charge in [-0.25, -0.2) is 4.99 Å². The molecule has 1 atom stereocenters. The van der Waals surface area contributed by atoms with Gasteiger partial charge in [-0.2, -0.15) is 13.5 Å². The van der Waals surface area contributed by atoms with E-state index in [9.17, 15) is 9.90 Å². The predicted octanol–water partition coefficient (Wildman–Crippen LogP) is 4.92. The summed E-state index contributed by atoms with van der Waals surface area (Å²) in [5, 5.41) is 10.1. The van der Waals surface area contributed by atoms with Crippen molar-refractivity contribution in [3.63, 3.8) is 0 Å². The van der Waals surface area contributed by atoms with Gasteiger partial charge in [-0.15, -0.1) is 0 Å². The Labute approximate surface area is 216 Å². The molecule has 0 unspecified atom stereocenters. The highest BCUT2D eigenvalue weighted by Gasteiger charge is 2.27. The second-order valence-electron chi connectivity index (χ2n) is 8.98. The summed E-state index contributed by atoms with van der Waals surface area (Å²) in [6.07, 6.45) is 6.72. The van der Waals surface area contributed by atoms with E-state index in [-0.39, 0.29) is 39.5 Å². The first-order chi connectivity index (χ1) is 16.0. The van der Waals surface area contributed by atoms with E-state index in [1.165, 1.54) is 19.3 Å². The maximum Gasteiger partial charge on any atom is 0.222 e. The van der Waals surface area contributed by atoms with Crippen LogP contribution in [-0.4, -0.2) is 52.5 Å². The number of ether oxygens (including phenoxy) is 1. The average Bonchev–Trinajstić information content (AvgIpc) is 2.85. The minimum absolute atomic E-state index is 0. The first-order valence-corrected chi connectivity index (χ1v) is 11.9. The number of benzene rings is 2. The molecule has 2 aromatic rings. The van der Waals surface area contributed by atoms with Crippen molar-refractivity contribution >= 4 is 31.0 Å². The maximum absolute atomic E-state index is 12.8. The molecule has 1 saturated carbocycles. The van der Waals surface area contributed by atoms with Crippen molar-refractivity contribution < 1.29 is 14.6 Å². The molecule has 4 rings (SSSR count). The van der Waals surface area contributed by atoms with Crippen molar-refractivity contribution in [2.75, 3.05) is 13.7 Å². The highest BCUT2D eigenvalue weighted by Crippen LogP contribution is 2.32. The molecule has 1 fully saturated rings. The van der Waals surface area contributed by atoms with Gasteiger partial charge in [0.05, 0.1) is 18.3 Å². The van der Waals surface area contributed by atoms with Crippen LogP contribution in [0.4, 0.5) is 5.69 Å². The number of aliphatic imine (C=N–C) groups is 1. The molecule has 1 heterocycles. The van der Waals surface area contributed by atoms with Crippen LogP contribution in [0.25, 0.3) is 0 Å². The van der Waals surface area contributed by atoms with Crippen LogP contribution in [-0.2, 0) is 11.3 Å². The van der Waals surface area contributed by atoms with Gasteiger partial charge in [0.25, 0.3) is 0 Å². The highest BCUT2D eigenvalue weighted by molar-refractivity contribution is 7.59. The van der Waals surface area contributed by atoms with Crippen LogP contribution in [0.15, 0.2) is 53.5 Å². The van der Waals surface area contributed by atoms with Gasteiger partial charge in [-0.05, 0) is 49.6 Å². The molecule has 1 aliphatic carbocycles. The van der Waals surface area contributed by atoms with Gasteiger partial charge < -0.3 is 25.4 Å². The van der Waals surface area contributed by atoms with E-state index in [4.69, 9.17) is 10.5 Å². The number of fused-ring (bicyclic) bond motifs is 1. The summed E-state index contributed by atoms with van der Waals surface area (Å²) in [5.74, 6) is 1.99. The molecule has 8 heteroatoms. The molecular formula is C27H40N4O3S. The van der Waals surface area contributed by atoms with Crippen molar-refractivity contribution in [3.8, 4) is 11.5 Å². The number of amides is 1. The fourth-order valence-electron chi connectivity index (χ4n) is 4.74. The van der Waals surface area contributed by atoms with E-state index < -0.39 is 0 Å². The molecule has 0 bridgehead atoms. The quantitative estimate of drug-likeness (QED) is 0.537. The minimum Gasteiger partial charge on any atom is -0.457 e. The molecule has 0 radical (unpaired) electrons. The zero-order chi connectivity index (χ0) is 23.2. The third-order valence-corrected chi connectivity index (χ3v) is 6.76. The molecule has 1 amide bonds. The van der Waals surface area contributed by atoms with Crippen LogP contribution < -0.4 is 10.5 Å². The van der Waals surface area contributed by atoms with E-state index in [0.717, 1.165) is 35.6 Å². The zero-order valence-electron chi connectivity index (χ0n) is 19.8. The number of nitrogens with two attached hydrogens (primary N) is 1. The summed E-state index contributed by atoms with van der Waals surface area (Å²) < 4.78 is 5.96. The van der Waals surface area contributed by atoms with Crippen molar-refractivity contribution in [2.45, 2.75) is 71.0 Å². The Kier molecular flexibility index (Phi) is 10.9. The van der Waals surface area contributed by atoms with Gasteiger partial charge in [0.1, 0.15) is 11.5 Å². The highest BCUT2D eigenvalue weighted by atomic mass is 32.1. The molecule has 7 nitrogen and oxygen atoms in total. The van der Waals surface area contributed by atoms with E-state index in [2.05, 4.69) is 4.99 Å². The lowest BCUT2D eigenvalue weighted by molar-refractivity contribution is -0.132. The van der Waals surface area contributed by atoms with E-state index in [1.807, 2.05) is 65.4 Å². The topological polar surface area (TPSA) is 91.4 Å². The summed E-state index contributed by atoms with van der Waals surface area (Å²) in [7, 11) is 1.91. The van der Waals surface area contributed by atoms with Gasteiger partial charge >= 0.3 is 0 Å². The van der Waals surface area contributed by atoms with Gasteiger partial charge in [0.2, 0.25) is 5.91 Å². The SMILES string of the molecule is C.CN(C(=O)CC[C@@H](CO)N1Cc2cc(Oc3ccccc3)ccc2N=C1N)C1CCCCC1.S. The Morgan fingerprint density at radius 3 is 2.57 bits per heavy atom. The monoisotopic (exact) mass is 500 g/mol. The van der Waals surface area contributed by atoms with Crippen LogP contribution in [0.3, 0.4) is 0 Å². The summed E-state index contributed by atoms with van der Waals surface area (Å²) >= 11 is 0. The molecule has 0 spiro atoms. The number of guanidine groups is 1. The van der Waals surface area contributed by atoms with E-state index in [1.54, 1.807) is 0 Å². The second-order valence-corrected chi connectivity index (χ2v) is 8.98. The summed E-state index contributed by atoms with van der Waals surface area (Å²) in [5.41, 5.74) is 8.03. The number of hydrogen-bond acceptors (Lipinski definition) is 6. The Morgan fingerprint density at radius 1 is 1.17 bits per heavy atom. The lowest BCUT2D eigenvalue weighted by Crippen LogP contribution is -2.47. The molecule has 2 aliphatic rings. The number of aliphatic hydroxyl groups excluding tert-OH is 1. The van der Waals surface area contributed by atoms with Gasteiger partial charge in [-0.1, -0.05) is 44.9 Å². The molecule has 2 aromatic carbocycles. The Balaban J connectivity index is 0.00000216. The smallest absolute Gasteiger partial charge is 0.222 e. The van der Waals surface area contributed by atoms with Crippen molar-refractivity contribution in [1.82, 2.24) is 9.80 Å². The van der Waals surface area contributed by atoms with Gasteiger partial charge in [0, 0.05) is 31.6 Å². The largest absolute Gasteiger partial charge is 0.457 e. The Hall–Kier alpha value is -2.71. The van der Waals surface area contributed by atoms with E-state index >= 15 is 0 Å². The zero-order valence-corrected chi connectivity index (χ0v) is 20.8. The van der Waals surface area contributed by atoms with Gasteiger partial charge in [0.15, 0.2) is 5.96 Å². The average molecular weight is 501 g/mol. The Bertz CT molecular complexity index is 980. The standard InChI is InChI=1S/C26H34N4O3.CH4.H2S/c1-29(20-8-4-2-5-9-20)25(32)15-12-21(18-31)30-17-19-16-23(13-14-24(19)28-26(30)27)33-22-10-6-3-7-11-22;;/h3,6-7,10-11,13-14,16,20-21,31H,2,4-5,8-9,12,15,17-18H2,1H3,(H2,27,28);1H4;1H2/t21-;;/m0../s1. The van der Waals surface area contributed by atoms with Crippen molar-refractivity contribution in [3.05, 3.63) is 54.1 Å². The molecule has 192 valence electrons.